The van der Waals surface area contributed by atoms with Gasteiger partial charge < -0.3 is 49.3 Å². The van der Waals surface area contributed by atoms with E-state index in [1.807, 2.05) is 66.2 Å². The third-order valence-electron chi connectivity index (χ3n) is 14.3. The minimum absolute atomic E-state index is 0.0778. The molecule has 10 rings (SSSR count). The van der Waals surface area contributed by atoms with Gasteiger partial charge in [-0.2, -0.15) is 0 Å². The van der Waals surface area contributed by atoms with E-state index in [2.05, 4.69) is 57.0 Å². The minimum atomic E-state index is -0.951. The fraction of sp³-hybridized carbons (Fsp3) is 0.423. The molecule has 2 aromatic heterocycles. The smallest absolute Gasteiger partial charge is 0.407 e. The Balaban J connectivity index is 0.908. The number of carbonyl (C=O) groups excluding carboxylic acids is 4. The number of aromatic nitrogens is 4. The molecule has 16 nitrogen and oxygen atoms in total. The molecule has 4 amide bonds. The molecule has 0 unspecified atom stereocenters. The molecule has 5 atom stereocenters. The summed E-state index contributed by atoms with van der Waals surface area (Å²) in [6, 6.07) is 21.6. The number of aromatic amines is 2. The number of likely N-dealkylation sites (tertiary alicyclic amines) is 2. The van der Waals surface area contributed by atoms with E-state index in [0.717, 1.165) is 75.0 Å². The summed E-state index contributed by atoms with van der Waals surface area (Å²) in [5, 5.41) is 7.43. The number of fused-ring (bicyclic) bond motifs is 6. The summed E-state index contributed by atoms with van der Waals surface area (Å²) in [6.45, 7) is 6.47. The molecule has 1 aliphatic carbocycles. The van der Waals surface area contributed by atoms with Gasteiger partial charge in [0.1, 0.15) is 36.1 Å². The molecule has 3 fully saturated rings. The highest BCUT2D eigenvalue weighted by Gasteiger charge is 2.42. The normalized spacial score (nSPS) is 19.8. The monoisotopic (exact) mass is 922 g/mol. The van der Waals surface area contributed by atoms with E-state index in [1.165, 1.54) is 33.5 Å². The van der Waals surface area contributed by atoms with Crippen molar-refractivity contribution in [3.05, 3.63) is 102 Å². The zero-order valence-electron chi connectivity index (χ0n) is 38.9. The van der Waals surface area contributed by atoms with Gasteiger partial charge in [0.2, 0.25) is 5.91 Å². The second kappa shape index (κ2) is 19.0. The summed E-state index contributed by atoms with van der Waals surface area (Å²) in [5.41, 5.74) is 7.17. The molecule has 0 radical (unpaired) electrons. The Hall–Kier alpha value is -6.94. The number of amides is 4. The Morgan fingerprint density at radius 2 is 1.60 bits per heavy atom. The molecular weight excluding hydrogens is 865 g/mol. The molecule has 6 aromatic rings. The average Bonchev–Trinajstić information content (AvgIpc) is 4.19. The minimum Gasteiger partial charge on any atom is -0.488 e. The maximum atomic E-state index is 14.6. The van der Waals surface area contributed by atoms with Crippen LogP contribution in [0.1, 0.15) is 93.3 Å². The highest BCUT2D eigenvalue weighted by Crippen LogP contribution is 2.44. The van der Waals surface area contributed by atoms with E-state index in [4.69, 9.17) is 28.9 Å². The van der Waals surface area contributed by atoms with Crippen molar-refractivity contribution < 1.29 is 38.1 Å². The molecule has 16 heteroatoms. The number of rotatable bonds is 13. The van der Waals surface area contributed by atoms with Gasteiger partial charge in [-0.05, 0) is 95.8 Å². The van der Waals surface area contributed by atoms with Gasteiger partial charge in [-0.3, -0.25) is 9.59 Å². The Labute approximate surface area is 394 Å². The third kappa shape index (κ3) is 8.72. The fourth-order valence-electron chi connectivity index (χ4n) is 10.4. The van der Waals surface area contributed by atoms with Gasteiger partial charge in [-0.25, -0.2) is 19.6 Å². The van der Waals surface area contributed by atoms with Crippen LogP contribution in [0.15, 0.2) is 79.0 Å². The molecule has 4 aromatic carbocycles. The van der Waals surface area contributed by atoms with Crippen LogP contribution in [0.4, 0.5) is 9.59 Å². The van der Waals surface area contributed by atoms with Crippen LogP contribution in [0.5, 0.6) is 5.75 Å². The van der Waals surface area contributed by atoms with Gasteiger partial charge in [0, 0.05) is 36.6 Å². The zero-order chi connectivity index (χ0) is 47.1. The summed E-state index contributed by atoms with van der Waals surface area (Å²) >= 11 is 0. The Bertz CT molecular complexity index is 2860. The SMILES string of the molecule is COC(=O)N[C@H](C(=O)N1CCC[C@H]1c1ncc(-c2ccc3c(c2)COc2cc4c(ccc5[nH]c([C@@H]6C[C@H](COCC7CCC7)CN6C(=O)[C@H](NC(=O)OC)c6ccccc6)nc54)cc2-3)[nH]1)C(C)C. The number of ether oxygens (including phenoxy) is 4. The molecule has 0 spiro atoms. The average molecular weight is 923 g/mol. The highest BCUT2D eigenvalue weighted by atomic mass is 16.5. The van der Waals surface area contributed by atoms with Gasteiger partial charge in [-0.15, -0.1) is 0 Å². The first-order chi connectivity index (χ1) is 33.1. The number of H-pyrrole nitrogens is 2. The van der Waals surface area contributed by atoms with E-state index in [1.54, 1.807) is 0 Å². The van der Waals surface area contributed by atoms with E-state index in [-0.39, 0.29) is 35.7 Å². The van der Waals surface area contributed by atoms with Gasteiger partial charge in [0.05, 0.1) is 55.8 Å². The quantitative estimate of drug-likeness (QED) is 0.0873. The lowest BCUT2D eigenvalue weighted by atomic mass is 9.86. The van der Waals surface area contributed by atoms with Crippen molar-refractivity contribution in [1.82, 2.24) is 40.4 Å². The van der Waals surface area contributed by atoms with Crippen molar-refractivity contribution in [3.8, 4) is 28.1 Å². The lowest BCUT2D eigenvalue weighted by molar-refractivity contribution is -0.136. The van der Waals surface area contributed by atoms with Crippen LogP contribution in [0.25, 0.3) is 44.2 Å². The molecule has 354 valence electrons. The molecule has 4 N–H and O–H groups in total. The van der Waals surface area contributed by atoms with Gasteiger partial charge >= 0.3 is 12.2 Å². The van der Waals surface area contributed by atoms with Crippen molar-refractivity contribution in [3.63, 3.8) is 0 Å². The number of nitrogens with zero attached hydrogens (tertiary/aromatic N) is 4. The predicted molar refractivity (Wildman–Crippen MR) is 254 cm³/mol. The number of benzene rings is 4. The summed E-state index contributed by atoms with van der Waals surface area (Å²) in [7, 11) is 2.58. The van der Waals surface area contributed by atoms with Crippen molar-refractivity contribution >= 4 is 45.8 Å². The maximum absolute atomic E-state index is 14.6. The predicted octanol–water partition coefficient (Wildman–Crippen LogP) is 8.51. The van der Waals surface area contributed by atoms with Gasteiger partial charge in [0.15, 0.2) is 0 Å². The maximum Gasteiger partial charge on any atom is 0.407 e. The van der Waals surface area contributed by atoms with Crippen molar-refractivity contribution in [2.75, 3.05) is 40.5 Å². The van der Waals surface area contributed by atoms with Crippen LogP contribution in [0.3, 0.4) is 0 Å². The van der Waals surface area contributed by atoms with E-state index in [9.17, 15) is 19.2 Å². The van der Waals surface area contributed by atoms with Crippen LogP contribution in [-0.4, -0.2) is 100 Å². The molecule has 2 saturated heterocycles. The van der Waals surface area contributed by atoms with Crippen molar-refractivity contribution in [1.29, 1.82) is 0 Å². The second-order valence-corrected chi connectivity index (χ2v) is 19.0. The number of methoxy groups -OCH3 is 2. The van der Waals surface area contributed by atoms with E-state index >= 15 is 0 Å². The summed E-state index contributed by atoms with van der Waals surface area (Å²) < 4.78 is 22.5. The van der Waals surface area contributed by atoms with Crippen LogP contribution in [-0.2, 0) is 30.4 Å². The van der Waals surface area contributed by atoms with Crippen LogP contribution < -0.4 is 15.4 Å². The van der Waals surface area contributed by atoms with Crippen molar-refractivity contribution in [2.24, 2.45) is 17.8 Å². The van der Waals surface area contributed by atoms with E-state index < -0.39 is 24.3 Å². The van der Waals surface area contributed by atoms with Crippen molar-refractivity contribution in [2.45, 2.75) is 83.1 Å². The molecule has 4 aliphatic rings. The third-order valence-corrected chi connectivity index (χ3v) is 14.3. The van der Waals surface area contributed by atoms with Crippen LogP contribution in [0, 0.1) is 17.8 Å². The number of alkyl carbamates (subject to hydrolysis) is 2. The summed E-state index contributed by atoms with van der Waals surface area (Å²) in [5.74, 6) is 2.30. The Morgan fingerprint density at radius 1 is 0.809 bits per heavy atom. The fourth-order valence-corrected chi connectivity index (χ4v) is 10.4. The lowest BCUT2D eigenvalue weighted by Crippen LogP contribution is -2.51. The first-order valence-electron chi connectivity index (χ1n) is 23.8. The largest absolute Gasteiger partial charge is 0.488 e. The zero-order valence-corrected chi connectivity index (χ0v) is 38.9. The van der Waals surface area contributed by atoms with Gasteiger partial charge in [0.25, 0.3) is 5.91 Å². The number of imidazole rings is 2. The number of hydrogen-bond acceptors (Lipinski definition) is 10. The number of nitrogens with one attached hydrogen (secondary N) is 4. The Kier molecular flexibility index (Phi) is 12.5. The highest BCUT2D eigenvalue weighted by molar-refractivity contribution is 6.07. The summed E-state index contributed by atoms with van der Waals surface area (Å²) in [6.07, 6.45) is 6.38. The molecule has 0 bridgehead atoms. The summed E-state index contributed by atoms with van der Waals surface area (Å²) in [4.78, 5) is 73.7. The first kappa shape index (κ1) is 44.9. The number of hydrogen-bond donors (Lipinski definition) is 4. The van der Waals surface area contributed by atoms with Crippen LogP contribution in [0.2, 0.25) is 0 Å². The van der Waals surface area contributed by atoms with E-state index in [0.29, 0.717) is 55.9 Å². The lowest BCUT2D eigenvalue weighted by Gasteiger charge is -2.30. The topological polar surface area (TPSA) is 193 Å². The standard InChI is InChI=1S/C52H58N8O8/c1-29(2)44(57-51(63)65-3)49(61)59-19-9-14-41(59)47-53-24-40(55-47)34-15-17-36-35(21-34)28-68-43-23-37-33(22-38(36)43)16-18-39-46(37)56-48(54-39)42-20-31(27-67-26-30-10-8-11-30)25-60(42)50(62)45(58-52(64)66-4)32-12-6-5-7-13-32/h5-7,12-13,15-18,21-24,29-31,41-42,44-45H,8-11,14,19-20,25-28H2,1-4H3,(H,53,55)(H,54,56)(H,57,63)(H,58,64)/t31-,41-,42-,44-,45+/m0/s1. The van der Waals surface area contributed by atoms with Crippen LogP contribution >= 0.6 is 0 Å². The molecule has 68 heavy (non-hydrogen) atoms. The first-order valence-corrected chi connectivity index (χ1v) is 23.8. The molecule has 1 saturated carbocycles. The van der Waals surface area contributed by atoms with Gasteiger partial charge in [-0.1, -0.05) is 68.8 Å². The molecular formula is C52H58N8O8. The molecule has 3 aliphatic heterocycles. The second-order valence-electron chi connectivity index (χ2n) is 19.0. The number of carbonyl (C=O) groups is 4. The molecule has 5 heterocycles. The Morgan fingerprint density at radius 3 is 2.37 bits per heavy atom.